The molecule has 2 rings (SSSR count). The Hall–Kier alpha value is -0.960. The number of nitrogens with one attached hydrogen (secondary N) is 1. The Morgan fingerprint density at radius 2 is 2.11 bits per heavy atom. The zero-order valence-corrected chi connectivity index (χ0v) is 11.3. The number of hydrogen-bond acceptors (Lipinski definition) is 3. The quantitative estimate of drug-likeness (QED) is 0.885. The average Bonchev–Trinajstić information content (AvgIpc) is 2.66. The van der Waals surface area contributed by atoms with Gasteiger partial charge in [0.15, 0.2) is 10.4 Å². The van der Waals surface area contributed by atoms with E-state index in [9.17, 15) is 13.2 Å². The topological polar surface area (TPSA) is 38.5 Å². The van der Waals surface area contributed by atoms with Crippen LogP contribution in [0.15, 0.2) is 0 Å². The summed E-state index contributed by atoms with van der Waals surface area (Å²) in [6.07, 6.45) is 0. The molecule has 0 bridgehead atoms. The molecule has 18 heavy (non-hydrogen) atoms. The van der Waals surface area contributed by atoms with Crippen molar-refractivity contribution < 1.29 is 13.2 Å². The summed E-state index contributed by atoms with van der Waals surface area (Å²) in [4.78, 5) is 2.97. The number of aromatic amines is 1. The van der Waals surface area contributed by atoms with Crippen LogP contribution >= 0.6 is 24.0 Å². The first-order chi connectivity index (χ1) is 8.29. The smallest absolute Gasteiger partial charge is 0.328 e. The molecule has 0 spiro atoms. The van der Waals surface area contributed by atoms with Crippen molar-refractivity contribution in [2.75, 3.05) is 5.75 Å². The highest BCUT2D eigenvalue weighted by molar-refractivity contribution is 8.00. The van der Waals surface area contributed by atoms with Crippen molar-refractivity contribution in [2.24, 2.45) is 7.05 Å². The number of imidazole rings is 1. The van der Waals surface area contributed by atoms with Gasteiger partial charge < -0.3 is 9.55 Å². The van der Waals surface area contributed by atoms with Crippen LogP contribution in [-0.4, -0.2) is 30.6 Å². The first-order valence-electron chi connectivity index (χ1n) is 5.12. The molecule has 0 radical (unpaired) electrons. The molecule has 0 aliphatic carbocycles. The van der Waals surface area contributed by atoms with Gasteiger partial charge in [-0.3, -0.25) is 4.68 Å². The summed E-state index contributed by atoms with van der Waals surface area (Å²) < 4.78 is 39.9. The number of thioether (sulfide) groups is 1. The van der Waals surface area contributed by atoms with E-state index in [0.717, 1.165) is 16.9 Å². The molecule has 9 heteroatoms. The highest BCUT2D eigenvalue weighted by Gasteiger charge is 2.27. The first-order valence-corrected chi connectivity index (χ1v) is 6.52. The van der Waals surface area contributed by atoms with E-state index < -0.39 is 5.51 Å². The van der Waals surface area contributed by atoms with Crippen molar-refractivity contribution in [2.45, 2.75) is 19.0 Å². The lowest BCUT2D eigenvalue weighted by atomic mass is 10.4. The molecule has 0 saturated carbocycles. The van der Waals surface area contributed by atoms with Crippen molar-refractivity contribution in [3.05, 3.63) is 10.5 Å². The van der Waals surface area contributed by atoms with Crippen molar-refractivity contribution >= 4 is 35.1 Å². The van der Waals surface area contributed by atoms with Gasteiger partial charge in [-0.2, -0.15) is 18.3 Å². The second-order valence-corrected chi connectivity index (χ2v) is 5.33. The van der Waals surface area contributed by atoms with Gasteiger partial charge in [0.2, 0.25) is 0 Å². The number of alkyl halides is 3. The Morgan fingerprint density at radius 3 is 2.72 bits per heavy atom. The Labute approximate surface area is 110 Å². The zero-order chi connectivity index (χ0) is 13.5. The maximum Gasteiger partial charge on any atom is 0.441 e. The normalized spacial score (nSPS) is 12.5. The van der Waals surface area contributed by atoms with Gasteiger partial charge in [0, 0.05) is 19.3 Å². The van der Waals surface area contributed by atoms with E-state index in [0.29, 0.717) is 4.77 Å². The van der Waals surface area contributed by atoms with Gasteiger partial charge in [0.1, 0.15) is 5.52 Å². The van der Waals surface area contributed by atoms with Gasteiger partial charge in [-0.1, -0.05) is 0 Å². The number of aryl methyl sites for hydroxylation is 3. The van der Waals surface area contributed by atoms with Crippen molar-refractivity contribution in [3.63, 3.8) is 0 Å². The fourth-order valence-corrected chi connectivity index (χ4v) is 2.62. The minimum Gasteiger partial charge on any atom is -0.328 e. The summed E-state index contributed by atoms with van der Waals surface area (Å²) >= 11 is 5.06. The number of hydrogen-bond donors (Lipinski definition) is 1. The molecule has 2 aromatic heterocycles. The van der Waals surface area contributed by atoms with E-state index in [1.165, 1.54) is 0 Å². The van der Waals surface area contributed by atoms with Crippen LogP contribution in [0.3, 0.4) is 0 Å². The maximum atomic E-state index is 12.1. The van der Waals surface area contributed by atoms with Crippen molar-refractivity contribution in [1.29, 1.82) is 0 Å². The Morgan fingerprint density at radius 1 is 1.44 bits per heavy atom. The zero-order valence-electron chi connectivity index (χ0n) is 9.71. The van der Waals surface area contributed by atoms with Crippen molar-refractivity contribution in [3.8, 4) is 0 Å². The molecule has 0 aliphatic rings. The van der Waals surface area contributed by atoms with E-state index in [-0.39, 0.29) is 24.1 Å². The molecule has 0 amide bonds. The molecule has 0 aliphatic heterocycles. The van der Waals surface area contributed by atoms with Gasteiger partial charge in [-0.15, -0.1) is 0 Å². The lowest BCUT2D eigenvalue weighted by molar-refractivity contribution is -0.0328. The third-order valence-corrected chi connectivity index (χ3v) is 3.54. The molecular weight excluding hydrogens is 285 g/mol. The highest BCUT2D eigenvalue weighted by Crippen LogP contribution is 2.30. The molecule has 0 fully saturated rings. The number of nitrogens with zero attached hydrogens (tertiary/aromatic N) is 3. The van der Waals surface area contributed by atoms with E-state index in [1.807, 2.05) is 6.92 Å². The van der Waals surface area contributed by atoms with Gasteiger partial charge in [0.05, 0.1) is 5.69 Å². The molecule has 0 saturated heterocycles. The number of fused-ring (bicyclic) bond motifs is 1. The van der Waals surface area contributed by atoms with Crippen LogP contribution in [0.4, 0.5) is 13.2 Å². The number of H-pyrrole nitrogens is 1. The summed E-state index contributed by atoms with van der Waals surface area (Å²) in [5.41, 5.74) is -1.93. The van der Waals surface area contributed by atoms with Crippen LogP contribution in [0.5, 0.6) is 0 Å². The molecule has 0 aromatic carbocycles. The van der Waals surface area contributed by atoms with E-state index in [1.54, 1.807) is 16.3 Å². The van der Waals surface area contributed by atoms with E-state index in [4.69, 9.17) is 12.2 Å². The number of halogens is 3. The fraction of sp³-hybridized carbons (Fsp3) is 0.556. The number of aromatic nitrogens is 4. The third-order valence-electron chi connectivity index (χ3n) is 2.51. The predicted molar refractivity (Wildman–Crippen MR) is 67.1 cm³/mol. The first kappa shape index (κ1) is 13.5. The fourth-order valence-electron chi connectivity index (χ4n) is 1.83. The minimum absolute atomic E-state index is 0.0490. The van der Waals surface area contributed by atoms with Crippen LogP contribution < -0.4 is 0 Å². The monoisotopic (exact) mass is 296 g/mol. The molecule has 4 nitrogen and oxygen atoms in total. The van der Waals surface area contributed by atoms with Gasteiger partial charge in [-0.25, -0.2) is 0 Å². The second kappa shape index (κ2) is 4.61. The van der Waals surface area contributed by atoms with Crippen LogP contribution in [0.2, 0.25) is 0 Å². The molecule has 1 N–H and O–H groups in total. The number of rotatable bonds is 3. The second-order valence-electron chi connectivity index (χ2n) is 3.78. The van der Waals surface area contributed by atoms with Gasteiger partial charge in [-0.05, 0) is 30.9 Å². The summed E-state index contributed by atoms with van der Waals surface area (Å²) in [6.45, 7) is 2.02. The Bertz CT molecular complexity index is 622. The highest BCUT2D eigenvalue weighted by atomic mass is 32.2. The molecule has 2 aromatic rings. The van der Waals surface area contributed by atoms with Gasteiger partial charge in [0.25, 0.3) is 0 Å². The minimum atomic E-state index is -4.21. The lowest BCUT2D eigenvalue weighted by Crippen LogP contribution is -2.08. The summed E-state index contributed by atoms with van der Waals surface area (Å²) in [5, 5.41) is 4.20. The van der Waals surface area contributed by atoms with Crippen LogP contribution in [-0.2, 0) is 13.6 Å². The van der Waals surface area contributed by atoms with Crippen molar-refractivity contribution in [1.82, 2.24) is 19.3 Å². The van der Waals surface area contributed by atoms with Crippen LogP contribution in [0, 0.1) is 11.7 Å². The molecule has 2 heterocycles. The largest absolute Gasteiger partial charge is 0.441 e. The molecular formula is C9H11F3N4S2. The summed E-state index contributed by atoms with van der Waals surface area (Å²) in [5.74, 6) is -0.0744. The van der Waals surface area contributed by atoms with Crippen LogP contribution in [0.1, 0.15) is 5.69 Å². The van der Waals surface area contributed by atoms with E-state index >= 15 is 0 Å². The lowest BCUT2D eigenvalue weighted by Gasteiger charge is -2.07. The predicted octanol–water partition coefficient (Wildman–Crippen LogP) is 2.99. The Balaban J connectivity index is 2.28. The average molecular weight is 296 g/mol. The van der Waals surface area contributed by atoms with Gasteiger partial charge >= 0.3 is 5.51 Å². The third kappa shape index (κ3) is 2.56. The SMILES string of the molecule is Cc1nn(C)c2c1[nH]c(=S)n2CCSC(F)(F)F. The summed E-state index contributed by atoms with van der Waals surface area (Å²) in [7, 11) is 1.74. The maximum absolute atomic E-state index is 12.1. The van der Waals surface area contributed by atoms with E-state index in [2.05, 4.69) is 10.1 Å². The summed E-state index contributed by atoms with van der Waals surface area (Å²) in [6, 6.07) is 0. The standard InChI is InChI=1S/C9H11F3N4S2/c1-5-6-7(15(2)14-5)16(8(17)13-6)3-4-18-9(10,11)12/h3-4H2,1-2H3,(H,13,17). The molecule has 0 unspecified atom stereocenters. The molecule has 100 valence electrons. The van der Waals surface area contributed by atoms with Crippen LogP contribution in [0.25, 0.3) is 11.2 Å². The Kier molecular flexibility index (Phi) is 3.45. The molecule has 0 atom stereocenters.